The summed E-state index contributed by atoms with van der Waals surface area (Å²) >= 11 is 7.39. The fourth-order valence-corrected chi connectivity index (χ4v) is 3.08. The Balaban J connectivity index is 2.24. The molecule has 0 aliphatic carbocycles. The van der Waals surface area contributed by atoms with E-state index in [2.05, 4.69) is 9.97 Å². The monoisotopic (exact) mass is 339 g/mol. The van der Waals surface area contributed by atoms with Crippen LogP contribution >= 0.6 is 22.9 Å². The van der Waals surface area contributed by atoms with Crippen molar-refractivity contribution in [2.75, 3.05) is 11.9 Å². The first-order chi connectivity index (χ1) is 10.4. The predicted molar refractivity (Wildman–Crippen MR) is 85.0 cm³/mol. The first-order valence-corrected chi connectivity index (χ1v) is 7.61. The topological polar surface area (TPSA) is 72.4 Å². The Kier molecular flexibility index (Phi) is 5.10. The maximum absolute atomic E-state index is 12.2. The van der Waals surface area contributed by atoms with Gasteiger partial charge in [0.2, 0.25) is 0 Å². The lowest BCUT2D eigenvalue weighted by molar-refractivity contribution is -0.151. The third-order valence-corrected chi connectivity index (χ3v) is 4.36. The van der Waals surface area contributed by atoms with Crippen LogP contribution < -0.4 is 4.90 Å². The average Bonchev–Trinajstić information content (AvgIpc) is 2.88. The normalized spacial score (nSPS) is 11.8. The second-order valence-corrected chi connectivity index (χ2v) is 5.84. The number of carbonyl (C=O) groups excluding carboxylic acids is 2. The molecule has 22 heavy (non-hydrogen) atoms. The van der Waals surface area contributed by atoms with Crippen LogP contribution in [0.1, 0.15) is 13.8 Å². The number of amides is 1. The van der Waals surface area contributed by atoms with Gasteiger partial charge in [0, 0.05) is 31.9 Å². The van der Waals surface area contributed by atoms with Gasteiger partial charge >= 0.3 is 5.97 Å². The standard InChI is InChI=1S/C14H14ClN3O3S/c1-8(21-9(2)19)13(20)18(3)14-11(15)17-12(22-14)10-5-4-6-16-7-10/h4-8H,1-3H3. The van der Waals surface area contributed by atoms with E-state index in [9.17, 15) is 9.59 Å². The molecule has 2 aromatic heterocycles. The molecule has 0 N–H and O–H groups in total. The molecular formula is C14H14ClN3O3S. The molecule has 1 atom stereocenters. The number of rotatable bonds is 4. The maximum atomic E-state index is 12.2. The van der Waals surface area contributed by atoms with Crippen LogP contribution in [0.5, 0.6) is 0 Å². The van der Waals surface area contributed by atoms with E-state index in [0.29, 0.717) is 10.0 Å². The number of esters is 1. The lowest BCUT2D eigenvalue weighted by Crippen LogP contribution is -2.36. The van der Waals surface area contributed by atoms with E-state index in [-0.39, 0.29) is 11.1 Å². The summed E-state index contributed by atoms with van der Waals surface area (Å²) in [6.07, 6.45) is 2.45. The fraction of sp³-hybridized carbons (Fsp3) is 0.286. The van der Waals surface area contributed by atoms with E-state index in [1.807, 2.05) is 6.07 Å². The molecule has 0 saturated heterocycles. The van der Waals surface area contributed by atoms with Crippen LogP contribution in [0.15, 0.2) is 24.5 Å². The highest BCUT2D eigenvalue weighted by Crippen LogP contribution is 2.37. The van der Waals surface area contributed by atoms with Crippen LogP contribution in [0.4, 0.5) is 5.00 Å². The highest BCUT2D eigenvalue weighted by atomic mass is 35.5. The first kappa shape index (κ1) is 16.4. The third-order valence-electron chi connectivity index (χ3n) is 2.80. The number of halogens is 1. The minimum atomic E-state index is -0.887. The Labute approximate surface area is 136 Å². The van der Waals surface area contributed by atoms with Crippen molar-refractivity contribution in [2.45, 2.75) is 20.0 Å². The number of pyridine rings is 1. The zero-order chi connectivity index (χ0) is 16.3. The van der Waals surface area contributed by atoms with Crippen LogP contribution in [-0.2, 0) is 14.3 Å². The molecule has 2 rings (SSSR count). The average molecular weight is 340 g/mol. The smallest absolute Gasteiger partial charge is 0.303 e. The van der Waals surface area contributed by atoms with E-state index < -0.39 is 12.1 Å². The van der Waals surface area contributed by atoms with Gasteiger partial charge < -0.3 is 9.64 Å². The largest absolute Gasteiger partial charge is 0.453 e. The Morgan fingerprint density at radius 3 is 2.77 bits per heavy atom. The van der Waals surface area contributed by atoms with Crippen molar-refractivity contribution < 1.29 is 14.3 Å². The van der Waals surface area contributed by atoms with Gasteiger partial charge in [0.1, 0.15) is 10.0 Å². The van der Waals surface area contributed by atoms with Gasteiger partial charge in [-0.25, -0.2) is 4.98 Å². The van der Waals surface area contributed by atoms with Crippen LogP contribution in [0.25, 0.3) is 10.6 Å². The lowest BCUT2D eigenvalue weighted by atomic mass is 10.3. The van der Waals surface area contributed by atoms with Gasteiger partial charge in [-0.15, -0.1) is 0 Å². The van der Waals surface area contributed by atoms with Gasteiger partial charge in [-0.2, -0.15) is 0 Å². The van der Waals surface area contributed by atoms with Crippen molar-refractivity contribution in [3.63, 3.8) is 0 Å². The molecule has 0 aliphatic rings. The van der Waals surface area contributed by atoms with Gasteiger partial charge in [0.15, 0.2) is 11.3 Å². The molecule has 8 heteroatoms. The molecule has 0 aromatic carbocycles. The summed E-state index contributed by atoms with van der Waals surface area (Å²) in [7, 11) is 1.56. The number of hydrogen-bond acceptors (Lipinski definition) is 6. The van der Waals surface area contributed by atoms with E-state index >= 15 is 0 Å². The Morgan fingerprint density at radius 2 is 2.18 bits per heavy atom. The van der Waals surface area contributed by atoms with Crippen LogP contribution in [-0.4, -0.2) is 35.0 Å². The molecule has 2 aromatic rings. The van der Waals surface area contributed by atoms with Crippen molar-refractivity contribution in [3.05, 3.63) is 29.7 Å². The summed E-state index contributed by atoms with van der Waals surface area (Å²) in [4.78, 5) is 32.8. The summed E-state index contributed by atoms with van der Waals surface area (Å²) < 4.78 is 4.89. The van der Waals surface area contributed by atoms with Gasteiger partial charge in [0.25, 0.3) is 5.91 Å². The molecule has 0 saturated carbocycles. The summed E-state index contributed by atoms with van der Waals surface area (Å²) in [6, 6.07) is 3.65. The first-order valence-electron chi connectivity index (χ1n) is 6.41. The Hall–Kier alpha value is -1.99. The number of nitrogens with zero attached hydrogens (tertiary/aromatic N) is 3. The zero-order valence-corrected chi connectivity index (χ0v) is 13.8. The number of ether oxygens (including phenoxy) is 1. The molecular weight excluding hydrogens is 326 g/mol. The van der Waals surface area contributed by atoms with Gasteiger partial charge in [-0.3, -0.25) is 14.6 Å². The lowest BCUT2D eigenvalue weighted by Gasteiger charge is -2.19. The summed E-state index contributed by atoms with van der Waals surface area (Å²) in [5.74, 6) is -0.890. The number of thiazole rings is 1. The second-order valence-electron chi connectivity index (χ2n) is 4.51. The fourth-order valence-electron chi connectivity index (χ4n) is 1.79. The maximum Gasteiger partial charge on any atom is 0.303 e. The van der Waals surface area contributed by atoms with Crippen LogP contribution in [0, 0.1) is 0 Å². The van der Waals surface area contributed by atoms with E-state index in [4.69, 9.17) is 16.3 Å². The Morgan fingerprint density at radius 1 is 1.45 bits per heavy atom. The van der Waals surface area contributed by atoms with Crippen molar-refractivity contribution in [1.82, 2.24) is 9.97 Å². The third kappa shape index (κ3) is 3.61. The molecule has 0 aliphatic heterocycles. The van der Waals surface area contributed by atoms with Gasteiger partial charge in [-0.1, -0.05) is 22.9 Å². The van der Waals surface area contributed by atoms with Gasteiger partial charge in [0.05, 0.1) is 0 Å². The summed E-state index contributed by atoms with van der Waals surface area (Å²) in [5.41, 5.74) is 0.814. The number of hydrogen-bond donors (Lipinski definition) is 0. The quantitative estimate of drug-likeness (QED) is 0.801. The highest BCUT2D eigenvalue weighted by molar-refractivity contribution is 7.19. The molecule has 1 amide bonds. The highest BCUT2D eigenvalue weighted by Gasteiger charge is 2.25. The number of anilines is 1. The molecule has 0 bridgehead atoms. The van der Waals surface area contributed by atoms with E-state index in [1.165, 1.54) is 30.1 Å². The summed E-state index contributed by atoms with van der Waals surface area (Å²) in [6.45, 7) is 2.77. The molecule has 0 radical (unpaired) electrons. The molecule has 116 valence electrons. The Bertz CT molecular complexity index is 690. The summed E-state index contributed by atoms with van der Waals surface area (Å²) in [5, 5.41) is 1.37. The second kappa shape index (κ2) is 6.85. The minimum Gasteiger partial charge on any atom is -0.453 e. The van der Waals surface area contributed by atoms with Crippen molar-refractivity contribution in [1.29, 1.82) is 0 Å². The number of aromatic nitrogens is 2. The number of likely N-dealkylation sites (N-methyl/N-ethyl adjacent to an activating group) is 1. The molecule has 6 nitrogen and oxygen atoms in total. The zero-order valence-electron chi connectivity index (χ0n) is 12.2. The minimum absolute atomic E-state index is 0.217. The SMILES string of the molecule is CC(=O)OC(C)C(=O)N(C)c1sc(-c2cccnc2)nc1Cl. The molecule has 2 heterocycles. The molecule has 0 fully saturated rings. The number of carbonyl (C=O) groups is 2. The molecule has 0 spiro atoms. The van der Waals surface area contributed by atoms with Crippen molar-refractivity contribution in [2.24, 2.45) is 0 Å². The van der Waals surface area contributed by atoms with E-state index in [1.54, 1.807) is 25.5 Å². The van der Waals surface area contributed by atoms with Crippen molar-refractivity contribution >= 4 is 39.8 Å². The molecule has 1 unspecified atom stereocenters. The van der Waals surface area contributed by atoms with Crippen LogP contribution in [0.2, 0.25) is 5.15 Å². The van der Waals surface area contributed by atoms with Crippen LogP contribution in [0.3, 0.4) is 0 Å². The van der Waals surface area contributed by atoms with Crippen molar-refractivity contribution in [3.8, 4) is 10.6 Å². The van der Waals surface area contributed by atoms with Gasteiger partial charge in [-0.05, 0) is 19.1 Å². The van der Waals surface area contributed by atoms with E-state index in [0.717, 1.165) is 5.56 Å². The predicted octanol–water partition coefficient (Wildman–Crippen LogP) is 2.77.